The predicted molar refractivity (Wildman–Crippen MR) is 116 cm³/mol. The van der Waals surface area contributed by atoms with Gasteiger partial charge in [0.1, 0.15) is 0 Å². The zero-order chi connectivity index (χ0) is 19.4. The Morgan fingerprint density at radius 3 is 2.52 bits per heavy atom. The first kappa shape index (κ1) is 16.6. The highest BCUT2D eigenvalue weighted by Crippen LogP contribution is 2.48. The molecule has 0 fully saturated rings. The Morgan fingerprint density at radius 2 is 1.62 bits per heavy atom. The number of carbonyl (C=O) groups is 1. The number of H-pyrrole nitrogens is 1. The van der Waals surface area contributed by atoms with Crippen molar-refractivity contribution in [1.82, 2.24) is 10.3 Å². The van der Waals surface area contributed by atoms with Crippen LogP contribution in [0.15, 0.2) is 78.9 Å². The van der Waals surface area contributed by atoms with Crippen LogP contribution in [0.4, 0.5) is 11.4 Å². The minimum absolute atomic E-state index is 0.0616. The van der Waals surface area contributed by atoms with E-state index in [9.17, 15) is 4.79 Å². The third kappa shape index (κ3) is 2.39. The molecular weight excluding hydrogens is 358 g/mol. The molecule has 29 heavy (non-hydrogen) atoms. The lowest BCUT2D eigenvalue weighted by atomic mass is 9.86. The van der Waals surface area contributed by atoms with E-state index in [0.717, 1.165) is 41.1 Å². The molecule has 0 spiro atoms. The molecule has 0 saturated heterocycles. The topological polar surface area (TPSA) is 48.1 Å². The number of hydrogen-bond acceptors (Lipinski definition) is 2. The average Bonchev–Trinajstić information content (AvgIpc) is 3.29. The van der Waals surface area contributed by atoms with Gasteiger partial charge >= 0.3 is 0 Å². The lowest BCUT2D eigenvalue weighted by Crippen LogP contribution is -2.37. The van der Waals surface area contributed by atoms with Crippen LogP contribution >= 0.6 is 0 Å². The lowest BCUT2D eigenvalue weighted by Gasteiger charge is -2.29. The molecule has 1 amide bonds. The van der Waals surface area contributed by atoms with Gasteiger partial charge in [0.2, 0.25) is 5.91 Å². The maximum absolute atomic E-state index is 13.8. The Bertz CT molecular complexity index is 1230. The fourth-order valence-electron chi connectivity index (χ4n) is 5.01. The van der Waals surface area contributed by atoms with Crippen molar-refractivity contribution in [3.8, 4) is 0 Å². The zero-order valence-corrected chi connectivity index (χ0v) is 15.9. The van der Waals surface area contributed by atoms with Gasteiger partial charge in [-0.15, -0.1) is 0 Å². The van der Waals surface area contributed by atoms with Crippen molar-refractivity contribution in [3.05, 3.63) is 95.7 Å². The minimum Gasteiger partial charge on any atom is -0.357 e. The van der Waals surface area contributed by atoms with Crippen LogP contribution in [0, 0.1) is 0 Å². The maximum Gasteiger partial charge on any atom is 0.241 e. The van der Waals surface area contributed by atoms with Gasteiger partial charge in [0.05, 0.1) is 17.6 Å². The maximum atomic E-state index is 13.8. The fourth-order valence-corrected chi connectivity index (χ4v) is 5.01. The summed E-state index contributed by atoms with van der Waals surface area (Å²) < 4.78 is 0. The van der Waals surface area contributed by atoms with E-state index in [-0.39, 0.29) is 17.9 Å². The summed E-state index contributed by atoms with van der Waals surface area (Å²) in [5, 5.41) is 4.91. The molecule has 1 aromatic heterocycles. The van der Waals surface area contributed by atoms with Crippen LogP contribution < -0.4 is 10.2 Å². The lowest BCUT2D eigenvalue weighted by molar-refractivity contribution is -0.119. The summed E-state index contributed by atoms with van der Waals surface area (Å²) in [7, 11) is 0. The van der Waals surface area contributed by atoms with Gasteiger partial charge in [-0.1, -0.05) is 54.6 Å². The van der Waals surface area contributed by atoms with Crippen LogP contribution in [0.25, 0.3) is 10.9 Å². The highest BCUT2D eigenvalue weighted by molar-refractivity contribution is 6.10. The molecule has 2 atom stereocenters. The van der Waals surface area contributed by atoms with Crippen LogP contribution in [0.3, 0.4) is 0 Å². The monoisotopic (exact) mass is 379 g/mol. The van der Waals surface area contributed by atoms with Crippen molar-refractivity contribution in [2.45, 2.75) is 18.4 Å². The molecule has 0 saturated carbocycles. The van der Waals surface area contributed by atoms with Crippen molar-refractivity contribution < 1.29 is 4.79 Å². The second-order valence-electron chi connectivity index (χ2n) is 7.79. The van der Waals surface area contributed by atoms with Gasteiger partial charge in [-0.2, -0.15) is 0 Å². The molecule has 4 aromatic rings. The highest BCUT2D eigenvalue weighted by atomic mass is 16.2. The van der Waals surface area contributed by atoms with Gasteiger partial charge in [-0.25, -0.2) is 0 Å². The van der Waals surface area contributed by atoms with Crippen molar-refractivity contribution in [2.75, 3.05) is 11.4 Å². The van der Waals surface area contributed by atoms with Crippen LogP contribution in [0.2, 0.25) is 0 Å². The number of rotatable bonds is 2. The summed E-state index contributed by atoms with van der Waals surface area (Å²) >= 11 is 0. The predicted octanol–water partition coefficient (Wildman–Crippen LogP) is 4.82. The number of fused-ring (bicyclic) bond motifs is 4. The summed E-state index contributed by atoms with van der Waals surface area (Å²) in [4.78, 5) is 19.2. The van der Waals surface area contributed by atoms with Crippen molar-refractivity contribution in [2.24, 2.45) is 0 Å². The quantitative estimate of drug-likeness (QED) is 0.525. The number of hydrogen-bond donors (Lipinski definition) is 2. The third-order valence-corrected chi connectivity index (χ3v) is 6.24. The molecule has 0 radical (unpaired) electrons. The second-order valence-corrected chi connectivity index (χ2v) is 7.79. The first-order chi connectivity index (χ1) is 14.3. The van der Waals surface area contributed by atoms with Crippen molar-refractivity contribution >= 4 is 28.2 Å². The number of nitrogens with zero attached hydrogens (tertiary/aromatic N) is 1. The Morgan fingerprint density at radius 1 is 0.862 bits per heavy atom. The van der Waals surface area contributed by atoms with Crippen LogP contribution in [0.1, 0.15) is 28.8 Å². The fraction of sp³-hybridized carbons (Fsp3) is 0.160. The Kier molecular flexibility index (Phi) is 3.61. The van der Waals surface area contributed by atoms with Crippen molar-refractivity contribution in [1.29, 1.82) is 0 Å². The molecule has 3 aromatic carbocycles. The molecule has 0 bridgehead atoms. The van der Waals surface area contributed by atoms with Crippen LogP contribution in [0.5, 0.6) is 0 Å². The highest BCUT2D eigenvalue weighted by Gasteiger charge is 2.44. The first-order valence-corrected chi connectivity index (χ1v) is 10.1. The summed E-state index contributed by atoms with van der Waals surface area (Å²) in [6, 6.07) is 26.5. The number of benzene rings is 3. The third-order valence-electron chi connectivity index (χ3n) is 6.24. The Hall–Kier alpha value is -3.37. The number of aromatic amines is 1. The Labute approximate surface area is 169 Å². The molecule has 0 unspecified atom stereocenters. The summed E-state index contributed by atoms with van der Waals surface area (Å²) in [5.41, 5.74) is 6.63. The number of nitrogens with one attached hydrogen (secondary N) is 2. The van der Waals surface area contributed by atoms with E-state index in [0.29, 0.717) is 0 Å². The standard InChI is InChI=1S/C25H21N3O/c29-25-22(19-11-5-7-13-21(19)28(25)16-8-2-1-3-9-16)24-23-18(14-15-26-24)17-10-4-6-12-20(17)27-23/h1-13,22,24,26-27H,14-15H2/t22-,24+/m0/s1. The number of carbonyl (C=O) groups excluding carboxylic acids is 1. The molecule has 3 heterocycles. The summed E-state index contributed by atoms with van der Waals surface area (Å²) in [6.45, 7) is 0.872. The molecule has 142 valence electrons. The number of amides is 1. The molecule has 2 aliphatic heterocycles. The number of para-hydroxylation sites is 3. The molecule has 2 N–H and O–H groups in total. The molecule has 4 heteroatoms. The van der Waals surface area contributed by atoms with E-state index in [1.807, 2.05) is 47.4 Å². The summed E-state index contributed by atoms with van der Waals surface area (Å²) in [6.07, 6.45) is 0.973. The first-order valence-electron chi connectivity index (χ1n) is 10.1. The summed E-state index contributed by atoms with van der Waals surface area (Å²) in [5.74, 6) is -0.125. The van der Waals surface area contributed by atoms with E-state index in [1.165, 1.54) is 10.9 Å². The van der Waals surface area contributed by atoms with Crippen molar-refractivity contribution in [3.63, 3.8) is 0 Å². The molecule has 2 aliphatic rings. The largest absolute Gasteiger partial charge is 0.357 e. The number of aromatic nitrogens is 1. The van der Waals surface area contributed by atoms with E-state index >= 15 is 0 Å². The minimum atomic E-state index is -0.251. The second kappa shape index (κ2) is 6.33. The van der Waals surface area contributed by atoms with Gasteiger partial charge in [0.25, 0.3) is 0 Å². The van der Waals surface area contributed by atoms with E-state index in [2.05, 4.69) is 46.7 Å². The van der Waals surface area contributed by atoms with E-state index in [4.69, 9.17) is 0 Å². The smallest absolute Gasteiger partial charge is 0.241 e. The SMILES string of the molecule is O=C1[C@H]([C@H]2NCCc3c2[nH]c2ccccc32)c2ccccc2N1c1ccccc1. The van der Waals surface area contributed by atoms with E-state index < -0.39 is 0 Å². The molecule has 6 rings (SSSR count). The van der Waals surface area contributed by atoms with Crippen LogP contribution in [-0.2, 0) is 11.2 Å². The van der Waals surface area contributed by atoms with Gasteiger partial charge in [-0.3, -0.25) is 9.69 Å². The zero-order valence-electron chi connectivity index (χ0n) is 15.9. The molecule has 0 aliphatic carbocycles. The van der Waals surface area contributed by atoms with Gasteiger partial charge in [0.15, 0.2) is 0 Å². The average molecular weight is 379 g/mol. The normalized spacial score (nSPS) is 20.7. The molecular formula is C25H21N3O. The van der Waals surface area contributed by atoms with E-state index in [1.54, 1.807) is 0 Å². The van der Waals surface area contributed by atoms with Gasteiger partial charge in [0, 0.05) is 22.3 Å². The van der Waals surface area contributed by atoms with Crippen LogP contribution in [-0.4, -0.2) is 17.4 Å². The molecule has 4 nitrogen and oxygen atoms in total. The number of anilines is 2. The Balaban J connectivity index is 1.51. The van der Waals surface area contributed by atoms with Gasteiger partial charge in [-0.05, 0) is 48.4 Å². The van der Waals surface area contributed by atoms with Gasteiger partial charge < -0.3 is 10.3 Å².